The SMILES string of the molecule is Cc1cc(OCCCc2c(C(=O)OC(=O)[C@@H]3CCCN3)[nH]c3c(-c4c(C)nn(C)c4C)c(Cl)ccc23)cc(C)c1Cl. The standard InChI is InChI=1S/C31H34Cl2N4O4/c1-16-14-20(15-17(2)27(16)33)40-13-7-8-21-22-10-11-23(32)26(25-18(3)36-37(5)19(25)4)28(22)35-29(21)31(39)41-30(38)24-9-6-12-34-24/h10-11,14-15,24,34-35H,6-9,12-13H2,1-5H3/t24-/m0/s1. The van der Waals surface area contributed by atoms with Crippen molar-refractivity contribution in [2.75, 3.05) is 13.2 Å². The van der Waals surface area contributed by atoms with Crippen LogP contribution in [0, 0.1) is 27.7 Å². The van der Waals surface area contributed by atoms with Gasteiger partial charge in [0.05, 0.1) is 22.8 Å². The third-order valence-electron chi connectivity index (χ3n) is 7.78. The Kier molecular flexibility index (Phi) is 8.45. The second-order valence-electron chi connectivity index (χ2n) is 10.7. The van der Waals surface area contributed by atoms with Crippen LogP contribution in [0.5, 0.6) is 5.75 Å². The summed E-state index contributed by atoms with van der Waals surface area (Å²) in [6, 6.07) is 7.09. The van der Waals surface area contributed by atoms with Crippen LogP contribution < -0.4 is 10.1 Å². The fraction of sp³-hybridized carbons (Fsp3) is 0.387. The first-order valence-electron chi connectivity index (χ1n) is 13.8. The van der Waals surface area contributed by atoms with E-state index < -0.39 is 18.0 Å². The van der Waals surface area contributed by atoms with E-state index in [0.29, 0.717) is 36.4 Å². The molecular formula is C31H34Cl2N4O4. The molecule has 8 nitrogen and oxygen atoms in total. The van der Waals surface area contributed by atoms with E-state index >= 15 is 0 Å². The average Bonchev–Trinajstić information content (AvgIpc) is 3.65. The first-order valence-corrected chi connectivity index (χ1v) is 14.5. The fourth-order valence-corrected chi connectivity index (χ4v) is 6.00. The molecule has 41 heavy (non-hydrogen) atoms. The molecule has 0 spiro atoms. The van der Waals surface area contributed by atoms with Gasteiger partial charge in [-0.2, -0.15) is 5.10 Å². The number of benzene rings is 2. The first-order chi connectivity index (χ1) is 19.6. The highest BCUT2D eigenvalue weighted by Gasteiger charge is 2.29. The number of nitrogens with zero attached hydrogens (tertiary/aromatic N) is 2. The lowest BCUT2D eigenvalue weighted by Crippen LogP contribution is -2.34. The van der Waals surface area contributed by atoms with Gasteiger partial charge < -0.3 is 19.8 Å². The van der Waals surface area contributed by atoms with E-state index in [0.717, 1.165) is 68.3 Å². The zero-order valence-corrected chi connectivity index (χ0v) is 25.4. The molecule has 2 N–H and O–H groups in total. The van der Waals surface area contributed by atoms with Gasteiger partial charge in [-0.05, 0) is 94.8 Å². The van der Waals surface area contributed by atoms with Gasteiger partial charge >= 0.3 is 11.9 Å². The van der Waals surface area contributed by atoms with Gasteiger partial charge in [-0.15, -0.1) is 0 Å². The van der Waals surface area contributed by atoms with Crippen LogP contribution in [0.1, 0.15) is 57.8 Å². The predicted octanol–water partition coefficient (Wildman–Crippen LogP) is 6.56. The number of carbonyl (C=O) groups is 2. The minimum atomic E-state index is -0.707. The molecule has 5 rings (SSSR count). The van der Waals surface area contributed by atoms with Crippen molar-refractivity contribution in [2.24, 2.45) is 7.05 Å². The molecule has 2 aromatic heterocycles. The second kappa shape index (κ2) is 11.9. The monoisotopic (exact) mass is 596 g/mol. The van der Waals surface area contributed by atoms with Gasteiger partial charge in [-0.25, -0.2) is 9.59 Å². The van der Waals surface area contributed by atoms with Crippen LogP contribution in [0.2, 0.25) is 10.0 Å². The third-order valence-corrected chi connectivity index (χ3v) is 8.69. The van der Waals surface area contributed by atoms with Gasteiger partial charge in [0.1, 0.15) is 17.5 Å². The number of fused-ring (bicyclic) bond motifs is 1. The minimum absolute atomic E-state index is 0.243. The highest BCUT2D eigenvalue weighted by molar-refractivity contribution is 6.35. The van der Waals surface area contributed by atoms with Crippen molar-refractivity contribution in [3.05, 3.63) is 68.1 Å². The largest absolute Gasteiger partial charge is 0.494 e. The fourth-order valence-electron chi connectivity index (χ4n) is 5.64. The number of esters is 2. The summed E-state index contributed by atoms with van der Waals surface area (Å²) < 4.78 is 13.2. The number of aromatic amines is 1. The normalized spacial score (nSPS) is 15.0. The lowest BCUT2D eigenvalue weighted by atomic mass is 9.98. The number of aryl methyl sites for hydroxylation is 5. The minimum Gasteiger partial charge on any atom is -0.494 e. The lowest BCUT2D eigenvalue weighted by Gasteiger charge is -2.11. The Morgan fingerprint density at radius 2 is 1.83 bits per heavy atom. The van der Waals surface area contributed by atoms with Gasteiger partial charge in [-0.1, -0.05) is 29.3 Å². The van der Waals surface area contributed by atoms with Crippen LogP contribution in [0.15, 0.2) is 24.3 Å². The van der Waals surface area contributed by atoms with Gasteiger partial charge in [0.15, 0.2) is 0 Å². The molecule has 10 heteroatoms. The molecule has 0 amide bonds. The van der Waals surface area contributed by atoms with Crippen molar-refractivity contribution in [3.63, 3.8) is 0 Å². The molecule has 0 radical (unpaired) electrons. The Morgan fingerprint density at radius 3 is 2.46 bits per heavy atom. The maximum atomic E-state index is 13.4. The summed E-state index contributed by atoms with van der Waals surface area (Å²) >= 11 is 13.1. The van der Waals surface area contributed by atoms with Crippen LogP contribution in [-0.4, -0.2) is 45.9 Å². The molecule has 1 fully saturated rings. The Hall–Kier alpha value is -3.33. The summed E-state index contributed by atoms with van der Waals surface area (Å²) in [7, 11) is 1.88. The third kappa shape index (κ3) is 5.73. The van der Waals surface area contributed by atoms with E-state index in [2.05, 4.69) is 15.4 Å². The zero-order valence-electron chi connectivity index (χ0n) is 23.9. The molecule has 1 atom stereocenters. The topological polar surface area (TPSA) is 98.2 Å². The molecular weight excluding hydrogens is 563 g/mol. The van der Waals surface area contributed by atoms with Gasteiger partial charge in [0.2, 0.25) is 0 Å². The predicted molar refractivity (Wildman–Crippen MR) is 161 cm³/mol. The molecule has 216 valence electrons. The Labute approximate surface area is 249 Å². The molecule has 2 aromatic carbocycles. The van der Waals surface area contributed by atoms with E-state index in [-0.39, 0.29) is 5.69 Å². The van der Waals surface area contributed by atoms with Crippen molar-refractivity contribution in [1.82, 2.24) is 20.1 Å². The van der Waals surface area contributed by atoms with Crippen molar-refractivity contribution in [3.8, 4) is 16.9 Å². The number of H-pyrrole nitrogens is 1. The molecule has 0 unspecified atom stereocenters. The summed E-state index contributed by atoms with van der Waals surface area (Å²) in [6.07, 6.45) is 2.64. The van der Waals surface area contributed by atoms with Gasteiger partial charge in [0.25, 0.3) is 0 Å². The first kappa shape index (κ1) is 29.2. The number of aromatic nitrogens is 3. The highest BCUT2D eigenvalue weighted by atomic mass is 35.5. The molecule has 1 aliphatic heterocycles. The molecule has 4 aromatic rings. The summed E-state index contributed by atoms with van der Waals surface area (Å²) in [5.74, 6) is -0.526. The van der Waals surface area contributed by atoms with Gasteiger partial charge in [0, 0.05) is 34.3 Å². The Morgan fingerprint density at radius 1 is 1.10 bits per heavy atom. The molecule has 3 heterocycles. The van der Waals surface area contributed by atoms with E-state index in [1.807, 2.05) is 63.7 Å². The van der Waals surface area contributed by atoms with Crippen LogP contribution in [0.4, 0.5) is 0 Å². The number of nitrogens with one attached hydrogen (secondary N) is 2. The van der Waals surface area contributed by atoms with Crippen LogP contribution in [0.3, 0.4) is 0 Å². The maximum absolute atomic E-state index is 13.4. The van der Waals surface area contributed by atoms with Crippen LogP contribution >= 0.6 is 23.2 Å². The second-order valence-corrected chi connectivity index (χ2v) is 11.5. The molecule has 1 aliphatic rings. The van der Waals surface area contributed by atoms with E-state index in [9.17, 15) is 9.59 Å². The summed E-state index contributed by atoms with van der Waals surface area (Å²) in [4.78, 5) is 29.4. The van der Waals surface area contributed by atoms with E-state index in [4.69, 9.17) is 32.7 Å². The van der Waals surface area contributed by atoms with Crippen LogP contribution in [-0.2, 0) is 23.0 Å². The number of hydrogen-bond acceptors (Lipinski definition) is 6. The Balaban J connectivity index is 1.49. The molecule has 1 saturated heterocycles. The summed E-state index contributed by atoms with van der Waals surface area (Å²) in [6.45, 7) is 8.96. The number of ether oxygens (including phenoxy) is 2. The summed E-state index contributed by atoms with van der Waals surface area (Å²) in [5.41, 5.74) is 7.04. The van der Waals surface area contributed by atoms with Crippen molar-refractivity contribution in [1.29, 1.82) is 0 Å². The molecule has 0 bridgehead atoms. The van der Waals surface area contributed by atoms with E-state index in [1.54, 1.807) is 0 Å². The highest BCUT2D eigenvalue weighted by Crippen LogP contribution is 2.40. The summed E-state index contributed by atoms with van der Waals surface area (Å²) in [5, 5.41) is 9.76. The maximum Gasteiger partial charge on any atom is 0.362 e. The van der Waals surface area contributed by atoms with E-state index in [1.165, 1.54) is 0 Å². The number of rotatable bonds is 8. The number of carbonyl (C=O) groups excluding carboxylic acids is 2. The van der Waals surface area contributed by atoms with Gasteiger partial charge in [-0.3, -0.25) is 4.68 Å². The zero-order chi connectivity index (χ0) is 29.4. The van der Waals surface area contributed by atoms with Crippen LogP contribution in [0.25, 0.3) is 22.0 Å². The quantitative estimate of drug-likeness (QED) is 0.136. The lowest BCUT2D eigenvalue weighted by molar-refractivity contribution is -0.140. The average molecular weight is 598 g/mol. The number of hydrogen-bond donors (Lipinski definition) is 2. The molecule has 0 saturated carbocycles. The smallest absolute Gasteiger partial charge is 0.362 e. The van der Waals surface area contributed by atoms with Crippen molar-refractivity contribution in [2.45, 2.75) is 59.4 Å². The number of halogens is 2. The molecule has 0 aliphatic carbocycles. The van der Waals surface area contributed by atoms with Crippen molar-refractivity contribution >= 4 is 46.0 Å². The van der Waals surface area contributed by atoms with Crippen molar-refractivity contribution < 1.29 is 19.1 Å². The Bertz CT molecular complexity index is 1630.